The summed E-state index contributed by atoms with van der Waals surface area (Å²) in [6, 6.07) is 2.98. The Morgan fingerprint density at radius 2 is 1.80 bits per heavy atom. The second kappa shape index (κ2) is 7.45. The van der Waals surface area contributed by atoms with E-state index in [9.17, 15) is 8.42 Å². The zero-order chi connectivity index (χ0) is 18.8. The van der Waals surface area contributed by atoms with Gasteiger partial charge in [-0.2, -0.15) is 9.40 Å². The van der Waals surface area contributed by atoms with E-state index >= 15 is 0 Å². The molecule has 7 nitrogen and oxygen atoms in total. The number of methoxy groups -OCH3 is 2. The predicted molar refractivity (Wildman–Crippen MR) is 95.4 cm³/mol. The van der Waals surface area contributed by atoms with Gasteiger partial charge in [-0.3, -0.25) is 4.68 Å². The van der Waals surface area contributed by atoms with Gasteiger partial charge in [0.25, 0.3) is 0 Å². The molecule has 0 aliphatic rings. The van der Waals surface area contributed by atoms with Crippen molar-refractivity contribution >= 4 is 10.0 Å². The largest absolute Gasteiger partial charge is 0.493 e. The van der Waals surface area contributed by atoms with Crippen LogP contribution in [0, 0.1) is 6.92 Å². The van der Waals surface area contributed by atoms with Gasteiger partial charge in [0.2, 0.25) is 10.0 Å². The third-order valence-corrected chi connectivity index (χ3v) is 6.10. The molecule has 1 aromatic carbocycles. The van der Waals surface area contributed by atoms with Gasteiger partial charge in [0.15, 0.2) is 11.5 Å². The summed E-state index contributed by atoms with van der Waals surface area (Å²) in [5, 5.41) is 4.11. The van der Waals surface area contributed by atoms with Crippen LogP contribution < -0.4 is 9.47 Å². The van der Waals surface area contributed by atoms with Crippen LogP contribution in [0.3, 0.4) is 0 Å². The molecule has 1 heterocycles. The Kier molecular flexibility index (Phi) is 5.74. The molecule has 0 unspecified atom stereocenters. The number of rotatable bonds is 7. The Morgan fingerprint density at radius 1 is 1.20 bits per heavy atom. The smallest absolute Gasteiger partial charge is 0.244 e. The highest BCUT2D eigenvalue weighted by Crippen LogP contribution is 2.34. The van der Waals surface area contributed by atoms with Gasteiger partial charge >= 0.3 is 0 Å². The topological polar surface area (TPSA) is 73.7 Å². The van der Waals surface area contributed by atoms with Crippen LogP contribution in [0.4, 0.5) is 0 Å². The van der Waals surface area contributed by atoms with Crippen LogP contribution >= 0.6 is 0 Å². The minimum atomic E-state index is -3.72. The molecule has 2 aromatic rings. The fraction of sp³-hybridized carbons (Fsp3) is 0.471. The standard InChI is InChI=1S/C17H25N3O4S/c1-12(2)20(11-14-9-18-19(4)10-14)25(21,22)17-8-16(24-6)15(23-5)7-13(17)3/h7-10,12H,11H2,1-6H3. The first-order valence-electron chi connectivity index (χ1n) is 7.92. The monoisotopic (exact) mass is 367 g/mol. The predicted octanol–water partition coefficient (Wildman–Crippen LogP) is 2.35. The fourth-order valence-corrected chi connectivity index (χ4v) is 4.49. The molecule has 0 bridgehead atoms. The highest BCUT2D eigenvalue weighted by atomic mass is 32.2. The van der Waals surface area contributed by atoms with Crippen LogP contribution in [0.2, 0.25) is 0 Å². The molecule has 0 atom stereocenters. The SMILES string of the molecule is COc1cc(C)c(S(=O)(=O)N(Cc2cnn(C)c2)C(C)C)cc1OC. The van der Waals surface area contributed by atoms with Crippen molar-refractivity contribution in [3.63, 3.8) is 0 Å². The van der Waals surface area contributed by atoms with Crippen LogP contribution in [0.5, 0.6) is 11.5 Å². The molecule has 8 heteroatoms. The number of ether oxygens (including phenoxy) is 2. The van der Waals surface area contributed by atoms with Crippen molar-refractivity contribution in [1.29, 1.82) is 0 Å². The molecular formula is C17H25N3O4S. The maximum atomic E-state index is 13.3. The van der Waals surface area contributed by atoms with Gasteiger partial charge in [0.1, 0.15) is 0 Å². The van der Waals surface area contributed by atoms with Crippen LogP contribution in [0.1, 0.15) is 25.0 Å². The number of aryl methyl sites for hydroxylation is 2. The Labute approximate surface area is 149 Å². The van der Waals surface area contributed by atoms with Gasteiger partial charge in [-0.1, -0.05) is 0 Å². The number of hydrogen-bond donors (Lipinski definition) is 0. The van der Waals surface area contributed by atoms with Crippen LogP contribution in [-0.4, -0.2) is 42.8 Å². The first kappa shape index (κ1) is 19.3. The zero-order valence-corrected chi connectivity index (χ0v) is 16.3. The maximum absolute atomic E-state index is 13.3. The van der Waals surface area contributed by atoms with Crippen molar-refractivity contribution in [1.82, 2.24) is 14.1 Å². The van der Waals surface area contributed by atoms with E-state index in [1.54, 1.807) is 30.9 Å². The molecule has 0 aliphatic carbocycles. The first-order chi connectivity index (χ1) is 11.7. The van der Waals surface area contributed by atoms with E-state index in [1.807, 2.05) is 20.0 Å². The second-order valence-electron chi connectivity index (χ2n) is 6.14. The summed E-state index contributed by atoms with van der Waals surface area (Å²) in [6.07, 6.45) is 3.48. The molecule has 0 saturated carbocycles. The number of benzene rings is 1. The molecule has 1 aromatic heterocycles. The molecule has 0 amide bonds. The lowest BCUT2D eigenvalue weighted by Gasteiger charge is -2.26. The Bertz CT molecular complexity index is 844. The minimum absolute atomic E-state index is 0.210. The van der Waals surface area contributed by atoms with E-state index < -0.39 is 10.0 Å². The summed E-state index contributed by atoms with van der Waals surface area (Å²) in [4.78, 5) is 0.211. The molecule has 0 fully saturated rings. The normalized spacial score (nSPS) is 12.0. The molecule has 0 spiro atoms. The van der Waals surface area contributed by atoms with Gasteiger partial charge in [0, 0.05) is 37.5 Å². The van der Waals surface area contributed by atoms with Gasteiger partial charge < -0.3 is 9.47 Å². The van der Waals surface area contributed by atoms with E-state index in [1.165, 1.54) is 24.6 Å². The van der Waals surface area contributed by atoms with E-state index in [-0.39, 0.29) is 17.5 Å². The summed E-state index contributed by atoms with van der Waals surface area (Å²) in [6.45, 7) is 5.70. The van der Waals surface area contributed by atoms with Crippen molar-refractivity contribution in [3.8, 4) is 11.5 Å². The van der Waals surface area contributed by atoms with Crippen LogP contribution in [0.25, 0.3) is 0 Å². The lowest BCUT2D eigenvalue weighted by Crippen LogP contribution is -2.36. The van der Waals surface area contributed by atoms with Crippen molar-refractivity contribution in [3.05, 3.63) is 35.7 Å². The number of hydrogen-bond acceptors (Lipinski definition) is 5. The molecule has 0 saturated heterocycles. The molecule has 138 valence electrons. The van der Waals surface area contributed by atoms with E-state index in [0.29, 0.717) is 17.1 Å². The maximum Gasteiger partial charge on any atom is 0.244 e. The van der Waals surface area contributed by atoms with Gasteiger partial charge in [-0.25, -0.2) is 8.42 Å². The van der Waals surface area contributed by atoms with Crippen LogP contribution in [-0.2, 0) is 23.6 Å². The Hall–Kier alpha value is -2.06. The fourth-order valence-electron chi connectivity index (χ4n) is 2.64. The van der Waals surface area contributed by atoms with Gasteiger partial charge in [-0.15, -0.1) is 0 Å². The summed E-state index contributed by atoms with van der Waals surface area (Å²) >= 11 is 0. The second-order valence-corrected chi connectivity index (χ2v) is 8.00. The van der Waals surface area contributed by atoms with Gasteiger partial charge in [0.05, 0.1) is 25.3 Å². The molecular weight excluding hydrogens is 342 g/mol. The van der Waals surface area contributed by atoms with Crippen molar-refractivity contribution in [2.24, 2.45) is 7.05 Å². The number of nitrogens with zero attached hydrogens (tertiary/aromatic N) is 3. The van der Waals surface area contributed by atoms with Crippen molar-refractivity contribution < 1.29 is 17.9 Å². The van der Waals surface area contributed by atoms with Gasteiger partial charge in [-0.05, 0) is 32.4 Å². The summed E-state index contributed by atoms with van der Waals surface area (Å²) in [7, 11) is 1.09. The van der Waals surface area contributed by atoms with Crippen molar-refractivity contribution in [2.75, 3.05) is 14.2 Å². The van der Waals surface area contributed by atoms with Crippen molar-refractivity contribution in [2.45, 2.75) is 38.3 Å². The summed E-state index contributed by atoms with van der Waals surface area (Å²) in [5.41, 5.74) is 1.44. The van der Waals surface area contributed by atoms with E-state index in [4.69, 9.17) is 9.47 Å². The molecule has 0 radical (unpaired) electrons. The van der Waals surface area contributed by atoms with E-state index in [2.05, 4.69) is 5.10 Å². The molecule has 2 rings (SSSR count). The quantitative estimate of drug-likeness (QED) is 0.751. The Balaban J connectivity index is 2.50. The number of sulfonamides is 1. The summed E-state index contributed by atoms with van der Waals surface area (Å²) < 4.78 is 40.2. The average Bonchev–Trinajstić information content (AvgIpc) is 2.96. The molecule has 0 aliphatic heterocycles. The zero-order valence-electron chi connectivity index (χ0n) is 15.5. The average molecular weight is 367 g/mol. The number of aromatic nitrogens is 2. The Morgan fingerprint density at radius 3 is 2.28 bits per heavy atom. The summed E-state index contributed by atoms with van der Waals surface area (Å²) in [5.74, 6) is 0.888. The molecule has 25 heavy (non-hydrogen) atoms. The lowest BCUT2D eigenvalue weighted by atomic mass is 10.2. The lowest BCUT2D eigenvalue weighted by molar-refractivity contribution is 0.344. The minimum Gasteiger partial charge on any atom is -0.493 e. The third kappa shape index (κ3) is 3.96. The molecule has 0 N–H and O–H groups in total. The van der Waals surface area contributed by atoms with E-state index in [0.717, 1.165) is 5.56 Å². The highest BCUT2D eigenvalue weighted by molar-refractivity contribution is 7.89. The first-order valence-corrected chi connectivity index (χ1v) is 9.36. The van der Waals surface area contributed by atoms with Crippen LogP contribution in [0.15, 0.2) is 29.4 Å². The highest BCUT2D eigenvalue weighted by Gasteiger charge is 2.30. The third-order valence-electron chi connectivity index (χ3n) is 3.94.